The molecule has 26 heavy (non-hydrogen) atoms. The summed E-state index contributed by atoms with van der Waals surface area (Å²) in [6.07, 6.45) is 15.7. The number of carbonyl (C=O) groups excluding carboxylic acids is 2. The Morgan fingerprint density at radius 2 is 1.88 bits per heavy atom. The predicted octanol–water partition coefficient (Wildman–Crippen LogP) is 4.45. The lowest BCUT2D eigenvalue weighted by molar-refractivity contribution is -0.169. The van der Waals surface area contributed by atoms with Gasteiger partial charge in [-0.3, -0.25) is 9.59 Å². The Balaban J connectivity index is 1.69. The minimum absolute atomic E-state index is 0.128. The first kappa shape index (κ1) is 17.8. The maximum Gasteiger partial charge on any atom is 0.304 e. The number of esters is 1. The maximum absolute atomic E-state index is 11.9. The Bertz CT molecular complexity index is 728. The van der Waals surface area contributed by atoms with Crippen LogP contribution >= 0.6 is 0 Å². The average molecular weight is 354 g/mol. The highest BCUT2D eigenvalue weighted by atomic mass is 16.6. The molecule has 0 bridgehead atoms. The van der Waals surface area contributed by atoms with Crippen LogP contribution in [0, 0.1) is 40.9 Å². The van der Waals surface area contributed by atoms with Gasteiger partial charge in [-0.1, -0.05) is 25.3 Å². The SMILES string of the molecule is C#CC1(OC(C)=O)CCC2C3CCC4=CC(=O)CCC4(C)C3CCC21C. The van der Waals surface area contributed by atoms with E-state index in [-0.39, 0.29) is 16.8 Å². The van der Waals surface area contributed by atoms with Crippen molar-refractivity contribution in [3.8, 4) is 12.3 Å². The molecule has 0 saturated heterocycles. The molecule has 6 unspecified atom stereocenters. The van der Waals surface area contributed by atoms with Crippen LogP contribution in [0.3, 0.4) is 0 Å². The standard InChI is InChI=1S/C23H30O3/c1-5-23(26-15(2)24)13-10-20-18-7-6-16-14-17(25)8-11-21(16,3)19(18)9-12-22(20,23)4/h1,14,18-20H,6-13H2,2-4H3. The molecule has 3 heteroatoms. The van der Waals surface area contributed by atoms with Gasteiger partial charge in [0.15, 0.2) is 11.4 Å². The number of allylic oxidation sites excluding steroid dienone is 1. The van der Waals surface area contributed by atoms with E-state index in [1.54, 1.807) is 0 Å². The van der Waals surface area contributed by atoms with E-state index in [9.17, 15) is 9.59 Å². The summed E-state index contributed by atoms with van der Waals surface area (Å²) in [4.78, 5) is 23.7. The fourth-order valence-corrected chi connectivity index (χ4v) is 7.24. The van der Waals surface area contributed by atoms with Gasteiger partial charge in [-0.2, -0.15) is 0 Å². The molecule has 6 atom stereocenters. The van der Waals surface area contributed by atoms with Gasteiger partial charge in [0.1, 0.15) is 0 Å². The van der Waals surface area contributed by atoms with Gasteiger partial charge in [-0.15, -0.1) is 6.42 Å². The van der Waals surface area contributed by atoms with Gasteiger partial charge in [-0.05, 0) is 74.2 Å². The minimum Gasteiger partial charge on any atom is -0.445 e. The molecule has 0 amide bonds. The van der Waals surface area contributed by atoms with Crippen molar-refractivity contribution in [3.63, 3.8) is 0 Å². The van der Waals surface area contributed by atoms with Crippen LogP contribution in [0.5, 0.6) is 0 Å². The van der Waals surface area contributed by atoms with Crippen LogP contribution in [0.25, 0.3) is 0 Å². The zero-order valence-electron chi connectivity index (χ0n) is 16.3. The summed E-state index contributed by atoms with van der Waals surface area (Å²) in [5.41, 5.74) is 0.686. The topological polar surface area (TPSA) is 43.4 Å². The lowest BCUT2D eigenvalue weighted by Crippen LogP contribution is -2.55. The highest BCUT2D eigenvalue weighted by Crippen LogP contribution is 2.68. The lowest BCUT2D eigenvalue weighted by atomic mass is 9.46. The largest absolute Gasteiger partial charge is 0.445 e. The predicted molar refractivity (Wildman–Crippen MR) is 100 cm³/mol. The van der Waals surface area contributed by atoms with Gasteiger partial charge in [0, 0.05) is 18.8 Å². The molecule has 4 rings (SSSR count). The smallest absolute Gasteiger partial charge is 0.304 e. The number of hydrogen-bond acceptors (Lipinski definition) is 3. The molecule has 0 radical (unpaired) electrons. The van der Waals surface area contributed by atoms with Gasteiger partial charge in [0.25, 0.3) is 0 Å². The third-order valence-corrected chi connectivity index (χ3v) is 8.63. The van der Waals surface area contributed by atoms with Gasteiger partial charge in [0.2, 0.25) is 0 Å². The van der Waals surface area contributed by atoms with Gasteiger partial charge < -0.3 is 4.74 Å². The van der Waals surface area contributed by atoms with Crippen LogP contribution < -0.4 is 0 Å². The number of terminal acetylenes is 1. The van der Waals surface area contributed by atoms with Crippen molar-refractivity contribution >= 4 is 11.8 Å². The normalized spacial score (nSPS) is 47.1. The van der Waals surface area contributed by atoms with Crippen molar-refractivity contribution < 1.29 is 14.3 Å². The third-order valence-electron chi connectivity index (χ3n) is 8.63. The van der Waals surface area contributed by atoms with E-state index >= 15 is 0 Å². The lowest BCUT2D eigenvalue weighted by Gasteiger charge is -2.58. The molecule has 4 aliphatic carbocycles. The molecule has 3 nitrogen and oxygen atoms in total. The van der Waals surface area contributed by atoms with E-state index in [4.69, 9.17) is 11.2 Å². The Hall–Kier alpha value is -1.56. The van der Waals surface area contributed by atoms with Crippen LogP contribution in [-0.4, -0.2) is 17.4 Å². The van der Waals surface area contributed by atoms with Crippen molar-refractivity contribution in [1.82, 2.24) is 0 Å². The quantitative estimate of drug-likeness (QED) is 0.516. The zero-order chi connectivity index (χ0) is 18.7. The second kappa shape index (κ2) is 5.72. The molecular weight excluding hydrogens is 324 g/mol. The van der Waals surface area contributed by atoms with E-state index < -0.39 is 5.60 Å². The van der Waals surface area contributed by atoms with Crippen LogP contribution in [0.2, 0.25) is 0 Å². The molecule has 0 aromatic carbocycles. The number of ketones is 1. The molecule has 0 aliphatic heterocycles. The Labute approximate surface area is 156 Å². The zero-order valence-corrected chi connectivity index (χ0v) is 16.3. The average Bonchev–Trinajstić information content (AvgIpc) is 2.88. The summed E-state index contributed by atoms with van der Waals surface area (Å²) in [6.45, 7) is 6.13. The summed E-state index contributed by atoms with van der Waals surface area (Å²) in [5.74, 6) is 4.71. The Kier molecular flexibility index (Phi) is 3.92. The van der Waals surface area contributed by atoms with Crippen molar-refractivity contribution in [3.05, 3.63) is 11.6 Å². The highest BCUT2D eigenvalue weighted by Gasteiger charge is 2.65. The van der Waals surface area contributed by atoms with E-state index in [0.717, 1.165) is 44.9 Å². The Morgan fingerprint density at radius 3 is 2.58 bits per heavy atom. The first-order chi connectivity index (χ1) is 12.3. The van der Waals surface area contributed by atoms with E-state index in [1.165, 1.54) is 12.5 Å². The van der Waals surface area contributed by atoms with Crippen molar-refractivity contribution in [2.24, 2.45) is 28.6 Å². The van der Waals surface area contributed by atoms with Crippen LogP contribution in [0.15, 0.2) is 11.6 Å². The number of rotatable bonds is 1. The molecule has 3 saturated carbocycles. The molecule has 0 heterocycles. The summed E-state index contributed by atoms with van der Waals surface area (Å²) in [7, 11) is 0. The van der Waals surface area contributed by atoms with E-state index in [2.05, 4.69) is 19.8 Å². The van der Waals surface area contributed by atoms with Gasteiger partial charge in [0.05, 0.1) is 0 Å². The van der Waals surface area contributed by atoms with Crippen molar-refractivity contribution in [1.29, 1.82) is 0 Å². The van der Waals surface area contributed by atoms with Gasteiger partial charge >= 0.3 is 5.97 Å². The van der Waals surface area contributed by atoms with Crippen molar-refractivity contribution in [2.45, 2.75) is 77.7 Å². The van der Waals surface area contributed by atoms with Crippen molar-refractivity contribution in [2.75, 3.05) is 0 Å². The fourth-order valence-electron chi connectivity index (χ4n) is 7.24. The summed E-state index contributed by atoms with van der Waals surface area (Å²) >= 11 is 0. The summed E-state index contributed by atoms with van der Waals surface area (Å²) < 4.78 is 5.81. The molecule has 0 aromatic rings. The highest BCUT2D eigenvalue weighted by molar-refractivity contribution is 5.91. The summed E-state index contributed by atoms with van der Waals surface area (Å²) in [5, 5.41) is 0. The number of fused-ring (bicyclic) bond motifs is 5. The van der Waals surface area contributed by atoms with E-state index in [0.29, 0.717) is 30.0 Å². The van der Waals surface area contributed by atoms with Crippen LogP contribution in [0.1, 0.15) is 72.1 Å². The van der Waals surface area contributed by atoms with E-state index in [1.807, 2.05) is 6.08 Å². The first-order valence-corrected chi connectivity index (χ1v) is 10.2. The monoisotopic (exact) mass is 354 g/mol. The first-order valence-electron chi connectivity index (χ1n) is 10.2. The molecular formula is C23H30O3. The molecule has 0 N–H and O–H groups in total. The Morgan fingerprint density at radius 1 is 1.15 bits per heavy atom. The minimum atomic E-state index is -0.742. The number of carbonyl (C=O) groups is 2. The van der Waals surface area contributed by atoms with Crippen LogP contribution in [0.4, 0.5) is 0 Å². The molecule has 4 aliphatic rings. The maximum atomic E-state index is 11.9. The molecule has 3 fully saturated rings. The number of hydrogen-bond donors (Lipinski definition) is 0. The van der Waals surface area contributed by atoms with Gasteiger partial charge in [-0.25, -0.2) is 0 Å². The summed E-state index contributed by atoms with van der Waals surface area (Å²) in [6, 6.07) is 0. The second-order valence-corrected chi connectivity index (χ2v) is 9.53. The third kappa shape index (κ3) is 2.20. The van der Waals surface area contributed by atoms with Crippen LogP contribution in [-0.2, 0) is 14.3 Å². The fraction of sp³-hybridized carbons (Fsp3) is 0.739. The second-order valence-electron chi connectivity index (χ2n) is 9.53. The number of ether oxygens (including phenoxy) is 1. The molecule has 0 aromatic heterocycles. The molecule has 140 valence electrons. The molecule has 0 spiro atoms.